The predicted octanol–water partition coefficient (Wildman–Crippen LogP) is 2.37. The smallest absolute Gasteiger partial charge is 0.356 e. The van der Waals surface area contributed by atoms with Crippen LogP contribution in [-0.4, -0.2) is 25.7 Å². The number of nitrogens with zero attached hydrogens (tertiary/aromatic N) is 3. The highest BCUT2D eigenvalue weighted by Crippen LogP contribution is 2.24. The summed E-state index contributed by atoms with van der Waals surface area (Å²) in [5.41, 5.74) is 0.224. The van der Waals surface area contributed by atoms with E-state index in [-0.39, 0.29) is 22.6 Å². The molecule has 0 saturated carbocycles. The fourth-order valence-corrected chi connectivity index (χ4v) is 1.90. The van der Waals surface area contributed by atoms with Crippen LogP contribution in [0.1, 0.15) is 10.5 Å². The van der Waals surface area contributed by atoms with Crippen molar-refractivity contribution in [2.24, 2.45) is 0 Å². The number of carboxylic acids is 1. The fraction of sp³-hybridized carbons (Fsp3) is 0. The third-order valence-electron chi connectivity index (χ3n) is 2.78. The molecule has 0 unspecified atom stereocenters. The predicted molar refractivity (Wildman–Crippen MR) is 65.3 cm³/mol. The molecule has 100 valence electrons. The first-order valence-electron chi connectivity index (χ1n) is 5.60. The van der Waals surface area contributed by atoms with E-state index in [2.05, 4.69) is 10.1 Å². The van der Waals surface area contributed by atoms with Crippen molar-refractivity contribution in [1.29, 1.82) is 0 Å². The lowest BCUT2D eigenvalue weighted by Crippen LogP contribution is -2.01. The zero-order valence-corrected chi connectivity index (χ0v) is 9.92. The molecular formula is C13H7F2N3O2. The molecular weight excluding hydrogens is 268 g/mol. The Hall–Kier alpha value is -2.83. The minimum absolute atomic E-state index is 0.0163. The molecule has 3 rings (SSSR count). The van der Waals surface area contributed by atoms with Crippen molar-refractivity contribution < 1.29 is 18.7 Å². The lowest BCUT2D eigenvalue weighted by molar-refractivity contribution is 0.0690. The molecule has 0 fully saturated rings. The van der Waals surface area contributed by atoms with Crippen LogP contribution in [-0.2, 0) is 0 Å². The Bertz CT molecular complexity index is 830. The molecule has 0 aliphatic rings. The second kappa shape index (κ2) is 4.37. The van der Waals surface area contributed by atoms with Gasteiger partial charge in [0, 0.05) is 17.8 Å². The second-order valence-corrected chi connectivity index (χ2v) is 4.06. The van der Waals surface area contributed by atoms with E-state index in [9.17, 15) is 13.6 Å². The summed E-state index contributed by atoms with van der Waals surface area (Å²) in [6.07, 6.45) is 1.38. The Labute approximate surface area is 111 Å². The molecule has 0 spiro atoms. The summed E-state index contributed by atoms with van der Waals surface area (Å²) in [7, 11) is 0. The molecule has 0 saturated heterocycles. The molecule has 3 aromatic rings. The number of carbonyl (C=O) groups is 1. The second-order valence-electron chi connectivity index (χ2n) is 4.06. The van der Waals surface area contributed by atoms with E-state index in [0.29, 0.717) is 0 Å². The van der Waals surface area contributed by atoms with E-state index in [1.54, 1.807) is 0 Å². The van der Waals surface area contributed by atoms with E-state index < -0.39 is 17.6 Å². The van der Waals surface area contributed by atoms with Gasteiger partial charge in [-0.05, 0) is 24.3 Å². The maximum absolute atomic E-state index is 13.8. The van der Waals surface area contributed by atoms with Crippen molar-refractivity contribution in [3.8, 4) is 11.3 Å². The Morgan fingerprint density at radius 3 is 2.75 bits per heavy atom. The van der Waals surface area contributed by atoms with Gasteiger partial charge in [-0.2, -0.15) is 5.10 Å². The monoisotopic (exact) mass is 275 g/mol. The van der Waals surface area contributed by atoms with Crippen molar-refractivity contribution in [3.05, 3.63) is 53.9 Å². The number of aromatic nitrogens is 3. The Balaban J connectivity index is 2.30. The third kappa shape index (κ3) is 1.89. The molecule has 2 aromatic heterocycles. The fourth-order valence-electron chi connectivity index (χ4n) is 1.90. The molecule has 7 heteroatoms. The van der Waals surface area contributed by atoms with Gasteiger partial charge >= 0.3 is 5.97 Å². The first-order chi connectivity index (χ1) is 9.56. The molecule has 0 aliphatic heterocycles. The van der Waals surface area contributed by atoms with Gasteiger partial charge in [0.15, 0.2) is 11.3 Å². The highest BCUT2D eigenvalue weighted by molar-refractivity contribution is 5.86. The van der Waals surface area contributed by atoms with Crippen LogP contribution in [0, 0.1) is 11.6 Å². The standard InChI is InChI=1S/C13H7F2N3O2/c14-7-1-2-9(15)8(5-7)11-3-4-16-12-6-10(13(19)20)17-18(11)12/h1-6H,(H,19,20). The van der Waals surface area contributed by atoms with E-state index in [0.717, 1.165) is 18.2 Å². The lowest BCUT2D eigenvalue weighted by Gasteiger charge is -2.05. The zero-order valence-electron chi connectivity index (χ0n) is 9.92. The van der Waals surface area contributed by atoms with Crippen LogP contribution in [0.2, 0.25) is 0 Å². The number of aromatic carboxylic acids is 1. The van der Waals surface area contributed by atoms with Crippen LogP contribution in [0.5, 0.6) is 0 Å². The maximum atomic E-state index is 13.8. The first-order valence-corrected chi connectivity index (χ1v) is 5.60. The number of hydrogen-bond acceptors (Lipinski definition) is 3. The third-order valence-corrected chi connectivity index (χ3v) is 2.78. The number of carboxylic acid groups (broad SMARTS) is 1. The summed E-state index contributed by atoms with van der Waals surface area (Å²) in [6, 6.07) is 5.71. The SMILES string of the molecule is O=C(O)c1cc2nccc(-c3cc(F)ccc3F)n2n1. The van der Waals surface area contributed by atoms with Gasteiger partial charge in [-0.15, -0.1) is 0 Å². The van der Waals surface area contributed by atoms with Crippen LogP contribution >= 0.6 is 0 Å². The average Bonchev–Trinajstić information content (AvgIpc) is 2.85. The van der Waals surface area contributed by atoms with Crippen LogP contribution in [0.4, 0.5) is 8.78 Å². The van der Waals surface area contributed by atoms with Gasteiger partial charge in [-0.3, -0.25) is 0 Å². The topological polar surface area (TPSA) is 67.5 Å². The van der Waals surface area contributed by atoms with E-state index >= 15 is 0 Å². The van der Waals surface area contributed by atoms with E-state index in [1.807, 2.05) is 0 Å². The summed E-state index contributed by atoms with van der Waals surface area (Å²) >= 11 is 0. The van der Waals surface area contributed by atoms with Crippen LogP contribution in [0.15, 0.2) is 36.5 Å². The van der Waals surface area contributed by atoms with Gasteiger partial charge in [0.2, 0.25) is 0 Å². The molecule has 20 heavy (non-hydrogen) atoms. The Morgan fingerprint density at radius 1 is 1.20 bits per heavy atom. The van der Waals surface area contributed by atoms with Crippen molar-refractivity contribution in [3.63, 3.8) is 0 Å². The highest BCUT2D eigenvalue weighted by atomic mass is 19.1. The van der Waals surface area contributed by atoms with E-state index in [4.69, 9.17) is 5.11 Å². The quantitative estimate of drug-likeness (QED) is 0.779. The lowest BCUT2D eigenvalue weighted by atomic mass is 10.1. The number of rotatable bonds is 2. The molecule has 0 amide bonds. The van der Waals surface area contributed by atoms with Crippen molar-refractivity contribution in [1.82, 2.24) is 14.6 Å². The van der Waals surface area contributed by atoms with Crippen molar-refractivity contribution in [2.45, 2.75) is 0 Å². The first kappa shape index (κ1) is 12.2. The van der Waals surface area contributed by atoms with Gasteiger partial charge in [0.25, 0.3) is 0 Å². The summed E-state index contributed by atoms with van der Waals surface area (Å²) in [6.45, 7) is 0. The summed E-state index contributed by atoms with van der Waals surface area (Å²) in [5, 5.41) is 12.7. The molecule has 5 nitrogen and oxygen atoms in total. The molecule has 0 aliphatic carbocycles. The van der Waals surface area contributed by atoms with Gasteiger partial charge in [-0.25, -0.2) is 23.1 Å². The Morgan fingerprint density at radius 2 is 2.00 bits per heavy atom. The highest BCUT2D eigenvalue weighted by Gasteiger charge is 2.15. The van der Waals surface area contributed by atoms with Crippen LogP contribution < -0.4 is 0 Å². The van der Waals surface area contributed by atoms with Crippen molar-refractivity contribution in [2.75, 3.05) is 0 Å². The number of fused-ring (bicyclic) bond motifs is 1. The minimum atomic E-state index is -1.22. The average molecular weight is 275 g/mol. The minimum Gasteiger partial charge on any atom is -0.476 e. The molecule has 0 radical (unpaired) electrons. The molecule has 1 aromatic carbocycles. The van der Waals surface area contributed by atoms with Gasteiger partial charge < -0.3 is 5.11 Å². The molecule has 1 N–H and O–H groups in total. The number of benzene rings is 1. The van der Waals surface area contributed by atoms with E-state index in [1.165, 1.54) is 22.8 Å². The van der Waals surface area contributed by atoms with Crippen LogP contribution in [0.25, 0.3) is 16.9 Å². The normalized spacial score (nSPS) is 10.9. The van der Waals surface area contributed by atoms with Gasteiger partial charge in [0.05, 0.1) is 5.69 Å². The Kier molecular flexibility index (Phi) is 2.67. The summed E-state index contributed by atoms with van der Waals surface area (Å²) < 4.78 is 28.2. The van der Waals surface area contributed by atoms with Gasteiger partial charge in [0.1, 0.15) is 11.6 Å². The van der Waals surface area contributed by atoms with Crippen LogP contribution in [0.3, 0.4) is 0 Å². The molecule has 0 bridgehead atoms. The zero-order chi connectivity index (χ0) is 14.3. The number of halogens is 2. The summed E-state index contributed by atoms with van der Waals surface area (Å²) in [5.74, 6) is -2.45. The van der Waals surface area contributed by atoms with Gasteiger partial charge in [-0.1, -0.05) is 0 Å². The maximum Gasteiger partial charge on any atom is 0.356 e. The molecule has 0 atom stereocenters. The summed E-state index contributed by atoms with van der Waals surface area (Å²) in [4.78, 5) is 14.8. The largest absolute Gasteiger partial charge is 0.476 e. The number of hydrogen-bond donors (Lipinski definition) is 1. The van der Waals surface area contributed by atoms with Crippen molar-refractivity contribution >= 4 is 11.6 Å². The molecule has 2 heterocycles.